The molecule has 0 aliphatic heterocycles. The zero-order chi connectivity index (χ0) is 14.2. The van der Waals surface area contributed by atoms with Gasteiger partial charge in [-0.2, -0.15) is 0 Å². The van der Waals surface area contributed by atoms with Gasteiger partial charge in [-0.1, -0.05) is 11.6 Å². The predicted molar refractivity (Wildman–Crippen MR) is 75.5 cm³/mol. The molecule has 0 aliphatic rings. The average Bonchev–Trinajstić information content (AvgIpc) is 2.31. The van der Waals surface area contributed by atoms with Crippen molar-refractivity contribution in [3.05, 3.63) is 69.0 Å². The van der Waals surface area contributed by atoms with Crippen molar-refractivity contribution in [2.45, 2.75) is 20.8 Å². The number of ketones is 1. The number of halogens is 2. The van der Waals surface area contributed by atoms with Crippen molar-refractivity contribution >= 4 is 17.4 Å². The third-order valence-electron chi connectivity index (χ3n) is 3.05. The predicted octanol–water partition coefficient (Wildman–Crippen LogP) is 4.64. The lowest BCUT2D eigenvalue weighted by Gasteiger charge is -2.09. The van der Waals surface area contributed by atoms with Crippen molar-refractivity contribution in [2.75, 3.05) is 0 Å². The van der Waals surface area contributed by atoms with E-state index >= 15 is 0 Å². The Labute approximate surface area is 117 Å². The Morgan fingerprint density at radius 2 is 1.68 bits per heavy atom. The molecule has 0 unspecified atom stereocenters. The van der Waals surface area contributed by atoms with Crippen molar-refractivity contribution in [3.63, 3.8) is 0 Å². The molecule has 0 spiro atoms. The highest BCUT2D eigenvalue weighted by Gasteiger charge is 2.14. The molecule has 0 atom stereocenters. The summed E-state index contributed by atoms with van der Waals surface area (Å²) in [6, 6.07) is 7.86. The van der Waals surface area contributed by atoms with Crippen LogP contribution in [0.1, 0.15) is 32.6 Å². The lowest BCUT2D eigenvalue weighted by Crippen LogP contribution is -2.05. The maximum Gasteiger partial charge on any atom is 0.193 e. The van der Waals surface area contributed by atoms with E-state index in [4.69, 9.17) is 11.6 Å². The van der Waals surface area contributed by atoms with Gasteiger partial charge in [0, 0.05) is 16.1 Å². The molecule has 0 N–H and O–H groups in total. The van der Waals surface area contributed by atoms with E-state index in [1.54, 1.807) is 25.1 Å². The van der Waals surface area contributed by atoms with Crippen LogP contribution in [-0.4, -0.2) is 5.78 Å². The topological polar surface area (TPSA) is 17.1 Å². The lowest BCUT2D eigenvalue weighted by atomic mass is 9.96. The van der Waals surface area contributed by atoms with Crippen LogP contribution in [0.5, 0.6) is 0 Å². The maximum atomic E-state index is 13.4. The summed E-state index contributed by atoms with van der Waals surface area (Å²) in [6.45, 7) is 5.43. The Morgan fingerprint density at radius 3 is 2.32 bits per heavy atom. The summed E-state index contributed by atoms with van der Waals surface area (Å²) < 4.78 is 13.4. The molecule has 0 saturated carbocycles. The summed E-state index contributed by atoms with van der Waals surface area (Å²) >= 11 is 6.02. The van der Waals surface area contributed by atoms with Crippen molar-refractivity contribution in [1.82, 2.24) is 0 Å². The zero-order valence-corrected chi connectivity index (χ0v) is 11.8. The van der Waals surface area contributed by atoms with Gasteiger partial charge in [0.05, 0.1) is 0 Å². The largest absolute Gasteiger partial charge is 0.289 e. The number of hydrogen-bond donors (Lipinski definition) is 0. The van der Waals surface area contributed by atoms with Crippen LogP contribution in [0.4, 0.5) is 4.39 Å². The second kappa shape index (κ2) is 5.14. The molecule has 0 fully saturated rings. The third-order valence-corrected chi connectivity index (χ3v) is 3.46. The molecule has 1 nitrogen and oxygen atoms in total. The molecular formula is C16H14ClFO. The van der Waals surface area contributed by atoms with Gasteiger partial charge in [0.25, 0.3) is 0 Å². The number of aryl methyl sites for hydroxylation is 3. The van der Waals surface area contributed by atoms with E-state index in [9.17, 15) is 9.18 Å². The molecule has 3 heteroatoms. The average molecular weight is 277 g/mol. The minimum atomic E-state index is -0.397. The molecule has 0 aliphatic carbocycles. The fourth-order valence-corrected chi connectivity index (χ4v) is 2.27. The van der Waals surface area contributed by atoms with Crippen LogP contribution in [0.2, 0.25) is 5.02 Å². The van der Waals surface area contributed by atoms with Crippen LogP contribution < -0.4 is 0 Å². The second-order valence-corrected chi connectivity index (χ2v) is 5.17. The summed E-state index contributed by atoms with van der Waals surface area (Å²) in [5.74, 6) is -0.577. The van der Waals surface area contributed by atoms with Crippen LogP contribution in [0.15, 0.2) is 30.3 Å². The summed E-state index contributed by atoms with van der Waals surface area (Å²) in [6.07, 6.45) is 0. The van der Waals surface area contributed by atoms with E-state index in [1.165, 1.54) is 12.1 Å². The summed E-state index contributed by atoms with van der Waals surface area (Å²) in [5.41, 5.74) is 3.28. The van der Waals surface area contributed by atoms with E-state index in [0.717, 1.165) is 16.7 Å². The quantitative estimate of drug-likeness (QED) is 0.731. The van der Waals surface area contributed by atoms with E-state index in [-0.39, 0.29) is 5.78 Å². The van der Waals surface area contributed by atoms with Crippen LogP contribution in [-0.2, 0) is 0 Å². The van der Waals surface area contributed by atoms with E-state index in [2.05, 4.69) is 0 Å². The Hall–Kier alpha value is -1.67. The Morgan fingerprint density at radius 1 is 1.00 bits per heavy atom. The Bertz CT molecular complexity index is 642. The SMILES string of the molecule is Cc1cc(F)cc(C(=O)c2cc(C)c(Cl)cc2C)c1. The van der Waals surface area contributed by atoms with Gasteiger partial charge in [0.2, 0.25) is 0 Å². The normalized spacial score (nSPS) is 10.6. The molecular weight excluding hydrogens is 263 g/mol. The summed E-state index contributed by atoms with van der Waals surface area (Å²) in [4.78, 5) is 12.4. The summed E-state index contributed by atoms with van der Waals surface area (Å²) in [5, 5.41) is 0.629. The smallest absolute Gasteiger partial charge is 0.193 e. The second-order valence-electron chi connectivity index (χ2n) is 4.76. The fraction of sp³-hybridized carbons (Fsp3) is 0.188. The molecule has 98 valence electrons. The number of benzene rings is 2. The zero-order valence-electron chi connectivity index (χ0n) is 11.1. The Balaban J connectivity index is 2.53. The highest BCUT2D eigenvalue weighted by molar-refractivity contribution is 6.31. The first-order chi connectivity index (χ1) is 8.88. The highest BCUT2D eigenvalue weighted by Crippen LogP contribution is 2.23. The number of carbonyl (C=O) groups excluding carboxylic acids is 1. The first kappa shape index (κ1) is 13.8. The van der Waals surface area contributed by atoms with E-state index in [1.807, 2.05) is 13.8 Å². The molecule has 0 radical (unpaired) electrons. The number of carbonyl (C=O) groups is 1. The molecule has 0 amide bonds. The minimum Gasteiger partial charge on any atom is -0.289 e. The fourth-order valence-electron chi connectivity index (χ4n) is 2.05. The highest BCUT2D eigenvalue weighted by atomic mass is 35.5. The first-order valence-electron chi connectivity index (χ1n) is 5.97. The van der Waals surface area contributed by atoms with Gasteiger partial charge in [0.1, 0.15) is 5.82 Å². The molecule has 2 aromatic carbocycles. The standard InChI is InChI=1S/C16H14ClFO/c1-9-4-12(8-13(18)5-9)16(19)14-6-11(3)15(17)7-10(14)2/h4-8H,1-3H3. The van der Waals surface area contributed by atoms with Crippen molar-refractivity contribution in [3.8, 4) is 0 Å². The van der Waals surface area contributed by atoms with Gasteiger partial charge in [-0.15, -0.1) is 0 Å². The van der Waals surface area contributed by atoms with Crippen LogP contribution in [0.3, 0.4) is 0 Å². The Kier molecular flexibility index (Phi) is 3.72. The monoisotopic (exact) mass is 276 g/mol. The molecule has 0 heterocycles. The van der Waals surface area contributed by atoms with Crippen LogP contribution in [0, 0.1) is 26.6 Å². The van der Waals surface area contributed by atoms with Gasteiger partial charge in [0.15, 0.2) is 5.78 Å². The van der Waals surface area contributed by atoms with E-state index in [0.29, 0.717) is 16.1 Å². The molecule has 19 heavy (non-hydrogen) atoms. The van der Waals surface area contributed by atoms with E-state index < -0.39 is 5.82 Å². The minimum absolute atomic E-state index is 0.181. The van der Waals surface area contributed by atoms with Crippen molar-refractivity contribution in [2.24, 2.45) is 0 Å². The first-order valence-corrected chi connectivity index (χ1v) is 6.35. The van der Waals surface area contributed by atoms with Gasteiger partial charge in [-0.3, -0.25) is 4.79 Å². The van der Waals surface area contributed by atoms with Gasteiger partial charge >= 0.3 is 0 Å². The van der Waals surface area contributed by atoms with Gasteiger partial charge < -0.3 is 0 Å². The van der Waals surface area contributed by atoms with Crippen LogP contribution in [0.25, 0.3) is 0 Å². The number of rotatable bonds is 2. The molecule has 2 rings (SSSR count). The molecule has 0 bridgehead atoms. The van der Waals surface area contributed by atoms with Crippen molar-refractivity contribution < 1.29 is 9.18 Å². The molecule has 0 saturated heterocycles. The van der Waals surface area contributed by atoms with Gasteiger partial charge in [-0.25, -0.2) is 4.39 Å². The number of hydrogen-bond acceptors (Lipinski definition) is 1. The lowest BCUT2D eigenvalue weighted by molar-refractivity contribution is 0.103. The molecule has 2 aromatic rings. The van der Waals surface area contributed by atoms with Gasteiger partial charge in [-0.05, 0) is 67.8 Å². The third kappa shape index (κ3) is 2.85. The van der Waals surface area contributed by atoms with Crippen molar-refractivity contribution in [1.29, 1.82) is 0 Å². The van der Waals surface area contributed by atoms with Crippen LogP contribution >= 0.6 is 11.6 Å². The molecule has 0 aromatic heterocycles. The maximum absolute atomic E-state index is 13.4. The summed E-state index contributed by atoms with van der Waals surface area (Å²) in [7, 11) is 0.